The van der Waals surface area contributed by atoms with Crippen LogP contribution in [0.3, 0.4) is 0 Å². The second-order valence-electron chi connectivity index (χ2n) is 10.7. The first-order chi connectivity index (χ1) is 19.1. The number of fused-ring (bicyclic) bond motifs is 1. The summed E-state index contributed by atoms with van der Waals surface area (Å²) in [4.78, 5) is 24.3. The number of rotatable bonds is 6. The van der Waals surface area contributed by atoms with Gasteiger partial charge in [0.2, 0.25) is 5.55 Å². The molecule has 40 heavy (non-hydrogen) atoms. The number of carbonyl (C=O) groups excluding carboxylic acids is 1. The van der Waals surface area contributed by atoms with Crippen LogP contribution in [0, 0.1) is 6.92 Å². The molecular formula is C33H33N3O3S. The Morgan fingerprint density at radius 2 is 1.75 bits per heavy atom. The van der Waals surface area contributed by atoms with Crippen molar-refractivity contribution < 1.29 is 13.9 Å². The van der Waals surface area contributed by atoms with Crippen molar-refractivity contribution in [3.05, 3.63) is 99.9 Å². The Labute approximate surface area is 238 Å². The van der Waals surface area contributed by atoms with Crippen LogP contribution in [0.15, 0.2) is 82.2 Å². The summed E-state index contributed by atoms with van der Waals surface area (Å²) in [6.45, 7) is 10.7. The molecule has 1 amide bonds. The van der Waals surface area contributed by atoms with E-state index in [9.17, 15) is 4.79 Å². The number of thiazole rings is 1. The summed E-state index contributed by atoms with van der Waals surface area (Å²) in [5.41, 5.74) is 6.22. The zero-order valence-corrected chi connectivity index (χ0v) is 24.5. The number of hydrogen-bond donors (Lipinski definition) is 1. The van der Waals surface area contributed by atoms with Crippen molar-refractivity contribution in [3.8, 4) is 17.0 Å². The van der Waals surface area contributed by atoms with Crippen molar-refractivity contribution in [2.75, 3.05) is 12.4 Å². The van der Waals surface area contributed by atoms with E-state index >= 15 is 0 Å². The third-order valence-electron chi connectivity index (χ3n) is 6.73. The molecule has 0 saturated carbocycles. The Balaban J connectivity index is 1.53. The lowest BCUT2D eigenvalue weighted by atomic mass is 9.86. The minimum absolute atomic E-state index is 0.0730. The van der Waals surface area contributed by atoms with Gasteiger partial charge in [-0.1, -0.05) is 69.7 Å². The minimum Gasteiger partial charge on any atom is -0.497 e. The fraction of sp³-hybridized carbons (Fsp3) is 0.242. The lowest BCUT2D eigenvalue weighted by molar-refractivity contribution is 0.102. The second kappa shape index (κ2) is 11.1. The summed E-state index contributed by atoms with van der Waals surface area (Å²) in [5.74, 6) is 0.331. The van der Waals surface area contributed by atoms with Crippen LogP contribution in [-0.2, 0) is 11.8 Å². The molecule has 0 unspecified atom stereocenters. The van der Waals surface area contributed by atoms with Gasteiger partial charge in [0.05, 0.1) is 18.5 Å². The van der Waals surface area contributed by atoms with Gasteiger partial charge in [0.25, 0.3) is 5.91 Å². The molecule has 0 aliphatic carbocycles. The molecule has 5 rings (SSSR count). The van der Waals surface area contributed by atoms with Crippen LogP contribution in [0.2, 0.25) is 0 Å². The van der Waals surface area contributed by atoms with Crippen molar-refractivity contribution >= 4 is 39.0 Å². The topological polar surface area (TPSA) is 76.7 Å². The Kier molecular flexibility index (Phi) is 7.59. The highest BCUT2D eigenvalue weighted by atomic mass is 32.1. The van der Waals surface area contributed by atoms with Gasteiger partial charge in [-0.15, -0.1) is 11.3 Å². The lowest BCUT2D eigenvalue weighted by Gasteiger charge is -2.19. The summed E-state index contributed by atoms with van der Waals surface area (Å²) in [5, 5.41) is 4.27. The van der Waals surface area contributed by atoms with Crippen molar-refractivity contribution in [3.63, 3.8) is 0 Å². The van der Waals surface area contributed by atoms with Crippen LogP contribution in [0.25, 0.3) is 22.2 Å². The fourth-order valence-corrected chi connectivity index (χ4v) is 5.30. The first-order valence-electron chi connectivity index (χ1n) is 13.3. The zero-order chi connectivity index (χ0) is 28.4. The van der Waals surface area contributed by atoms with Crippen LogP contribution < -0.4 is 15.6 Å². The van der Waals surface area contributed by atoms with Gasteiger partial charge in [-0.25, -0.2) is 9.98 Å². The second-order valence-corrected chi connectivity index (χ2v) is 11.8. The number of nitrogens with one attached hydrogen (secondary N) is 1. The van der Waals surface area contributed by atoms with E-state index in [1.54, 1.807) is 13.2 Å². The van der Waals surface area contributed by atoms with E-state index in [0.717, 1.165) is 33.5 Å². The SMILES string of the molecule is CCc1sc(NC(=O)c2cc3cc(OC)ccc3oc2=Nc2ccc(C)cc2)nc1-c1ccc(C(C)(C)C)cc1. The van der Waals surface area contributed by atoms with Crippen LogP contribution in [0.5, 0.6) is 5.75 Å². The maximum absolute atomic E-state index is 13.7. The number of aromatic nitrogens is 1. The number of anilines is 1. The number of hydrogen-bond acceptors (Lipinski definition) is 6. The molecular weight excluding hydrogens is 518 g/mol. The molecule has 5 aromatic rings. The highest BCUT2D eigenvalue weighted by Crippen LogP contribution is 2.33. The molecule has 0 aliphatic rings. The normalized spacial score (nSPS) is 12.1. The molecule has 2 aromatic heterocycles. The van der Waals surface area contributed by atoms with Crippen molar-refractivity contribution in [2.45, 2.75) is 46.5 Å². The predicted octanol–water partition coefficient (Wildman–Crippen LogP) is 8.22. The van der Waals surface area contributed by atoms with Crippen molar-refractivity contribution in [2.24, 2.45) is 4.99 Å². The van der Waals surface area contributed by atoms with Gasteiger partial charge < -0.3 is 9.15 Å². The highest BCUT2D eigenvalue weighted by Gasteiger charge is 2.19. The Bertz CT molecular complexity index is 1740. The van der Waals surface area contributed by atoms with Gasteiger partial charge >= 0.3 is 0 Å². The predicted molar refractivity (Wildman–Crippen MR) is 163 cm³/mol. The number of nitrogens with zero attached hydrogens (tertiary/aromatic N) is 2. The number of aryl methyl sites for hydroxylation is 2. The third kappa shape index (κ3) is 5.84. The highest BCUT2D eigenvalue weighted by molar-refractivity contribution is 7.16. The van der Waals surface area contributed by atoms with E-state index in [-0.39, 0.29) is 16.9 Å². The molecule has 204 valence electrons. The van der Waals surface area contributed by atoms with E-state index in [1.165, 1.54) is 16.9 Å². The molecule has 2 heterocycles. The maximum Gasteiger partial charge on any atom is 0.262 e. The molecule has 6 nitrogen and oxygen atoms in total. The Morgan fingerprint density at radius 3 is 2.40 bits per heavy atom. The first kappa shape index (κ1) is 27.3. The molecule has 0 spiro atoms. The van der Waals surface area contributed by atoms with Gasteiger partial charge in [-0.3, -0.25) is 10.1 Å². The molecule has 7 heteroatoms. The summed E-state index contributed by atoms with van der Waals surface area (Å²) < 4.78 is 11.5. The van der Waals surface area contributed by atoms with Gasteiger partial charge in [-0.05, 0) is 60.7 Å². The molecule has 0 saturated heterocycles. The maximum atomic E-state index is 13.7. The largest absolute Gasteiger partial charge is 0.497 e. The third-order valence-corrected chi connectivity index (χ3v) is 7.84. The Morgan fingerprint density at radius 1 is 1.02 bits per heavy atom. The van der Waals surface area contributed by atoms with E-state index in [0.29, 0.717) is 27.7 Å². The van der Waals surface area contributed by atoms with Crippen LogP contribution in [-0.4, -0.2) is 18.0 Å². The van der Waals surface area contributed by atoms with Crippen molar-refractivity contribution in [1.29, 1.82) is 0 Å². The van der Waals surface area contributed by atoms with Crippen LogP contribution in [0.1, 0.15) is 54.1 Å². The van der Waals surface area contributed by atoms with E-state index < -0.39 is 0 Å². The van der Waals surface area contributed by atoms with E-state index in [2.05, 4.69) is 62.3 Å². The Hall–Kier alpha value is -4.23. The first-order valence-corrected chi connectivity index (χ1v) is 14.1. The van der Waals surface area contributed by atoms with Crippen molar-refractivity contribution in [1.82, 2.24) is 4.98 Å². The lowest BCUT2D eigenvalue weighted by Crippen LogP contribution is -2.21. The van der Waals surface area contributed by atoms with Crippen LogP contribution in [0.4, 0.5) is 10.8 Å². The van der Waals surface area contributed by atoms with Gasteiger partial charge in [-0.2, -0.15) is 0 Å². The summed E-state index contributed by atoms with van der Waals surface area (Å²) in [6.07, 6.45) is 0.809. The average molecular weight is 552 g/mol. The molecule has 3 aromatic carbocycles. The minimum atomic E-state index is -0.342. The number of benzene rings is 3. The summed E-state index contributed by atoms with van der Waals surface area (Å²) in [7, 11) is 1.61. The average Bonchev–Trinajstić information content (AvgIpc) is 3.36. The van der Waals surface area contributed by atoms with Gasteiger partial charge in [0.1, 0.15) is 16.9 Å². The standard InChI is InChI=1S/C33H33N3O3S/c1-7-28-29(21-10-12-23(13-11-21)33(3,4)5)35-32(40-28)36-30(37)26-19-22-18-25(38-6)16-17-27(22)39-31(26)34-24-14-8-20(2)9-15-24/h8-19H,7H2,1-6H3,(H,35,36,37). The number of amides is 1. The quantitative estimate of drug-likeness (QED) is 0.231. The number of ether oxygens (including phenoxy) is 1. The molecule has 0 aliphatic heterocycles. The fourth-order valence-electron chi connectivity index (χ4n) is 4.38. The molecule has 0 atom stereocenters. The summed E-state index contributed by atoms with van der Waals surface area (Å²) in [6, 6.07) is 23.5. The molecule has 1 N–H and O–H groups in total. The van der Waals surface area contributed by atoms with E-state index in [4.69, 9.17) is 14.1 Å². The smallest absolute Gasteiger partial charge is 0.262 e. The monoisotopic (exact) mass is 551 g/mol. The zero-order valence-electron chi connectivity index (χ0n) is 23.7. The van der Waals surface area contributed by atoms with Gasteiger partial charge in [0.15, 0.2) is 5.13 Å². The van der Waals surface area contributed by atoms with Gasteiger partial charge in [0, 0.05) is 15.8 Å². The summed E-state index contributed by atoms with van der Waals surface area (Å²) >= 11 is 1.48. The molecule has 0 fully saturated rings. The van der Waals surface area contributed by atoms with E-state index in [1.807, 2.05) is 49.4 Å². The molecule has 0 radical (unpaired) electrons. The van der Waals surface area contributed by atoms with Crippen LogP contribution >= 0.6 is 11.3 Å². The molecule has 0 bridgehead atoms. The number of carbonyl (C=O) groups is 1. The number of methoxy groups -OCH3 is 1.